The number of nitrogens with one attached hydrogen (secondary N) is 1. The van der Waals surface area contributed by atoms with Crippen LogP contribution in [0.3, 0.4) is 0 Å². The highest BCUT2D eigenvalue weighted by atomic mass is 16.3. The summed E-state index contributed by atoms with van der Waals surface area (Å²) < 4.78 is 5.06. The number of hydrogen-bond acceptors (Lipinski definition) is 3. The molecule has 2 fully saturated rings. The summed E-state index contributed by atoms with van der Waals surface area (Å²) in [6.07, 6.45) is 7.74. The minimum Gasteiger partial charge on any atom is -0.459 e. The lowest BCUT2D eigenvalue weighted by Crippen LogP contribution is -2.52. The Bertz CT molecular complexity index is 526. The second-order valence-corrected chi connectivity index (χ2v) is 6.55. The third-order valence-electron chi connectivity index (χ3n) is 5.07. The molecule has 0 bridgehead atoms. The highest BCUT2D eigenvalue weighted by Gasteiger charge is 2.34. The number of amides is 2. The summed E-state index contributed by atoms with van der Waals surface area (Å²) in [5.74, 6) is 1.37. The van der Waals surface area contributed by atoms with Gasteiger partial charge in [0.15, 0.2) is 5.76 Å². The van der Waals surface area contributed by atoms with E-state index in [1.165, 1.54) is 31.9 Å². The predicted octanol–water partition coefficient (Wildman–Crippen LogP) is 2.44. The molecule has 2 aliphatic rings. The number of nitrogens with zero attached hydrogens (tertiary/aromatic N) is 1. The van der Waals surface area contributed by atoms with Crippen LogP contribution in [0.25, 0.3) is 0 Å². The van der Waals surface area contributed by atoms with E-state index in [4.69, 9.17) is 4.42 Å². The van der Waals surface area contributed by atoms with Gasteiger partial charge in [0.2, 0.25) is 5.91 Å². The molecule has 3 rings (SSSR count). The van der Waals surface area contributed by atoms with Crippen LogP contribution >= 0.6 is 0 Å². The number of carbonyl (C=O) groups is 2. The van der Waals surface area contributed by atoms with Crippen molar-refractivity contribution in [3.05, 3.63) is 24.2 Å². The van der Waals surface area contributed by atoms with Crippen molar-refractivity contribution in [2.75, 3.05) is 13.1 Å². The Hall–Kier alpha value is -1.78. The van der Waals surface area contributed by atoms with Gasteiger partial charge < -0.3 is 14.6 Å². The third-order valence-corrected chi connectivity index (χ3v) is 5.07. The minimum atomic E-state index is -0.516. The number of rotatable bonds is 3. The summed E-state index contributed by atoms with van der Waals surface area (Å²) in [4.78, 5) is 26.4. The molecule has 1 aromatic rings. The molecule has 120 valence electrons. The van der Waals surface area contributed by atoms with E-state index in [2.05, 4.69) is 5.32 Å². The summed E-state index contributed by atoms with van der Waals surface area (Å²) in [5, 5.41) is 2.73. The number of piperidine rings is 1. The molecule has 0 radical (unpaired) electrons. The van der Waals surface area contributed by atoms with Crippen molar-refractivity contribution in [3.8, 4) is 0 Å². The first kappa shape index (κ1) is 15.1. The van der Waals surface area contributed by atoms with E-state index in [-0.39, 0.29) is 17.6 Å². The Labute approximate surface area is 131 Å². The van der Waals surface area contributed by atoms with Crippen molar-refractivity contribution in [2.24, 2.45) is 11.8 Å². The largest absolute Gasteiger partial charge is 0.459 e. The van der Waals surface area contributed by atoms with Gasteiger partial charge in [0.05, 0.1) is 6.26 Å². The Morgan fingerprint density at radius 3 is 2.77 bits per heavy atom. The number of furan rings is 1. The molecule has 22 heavy (non-hydrogen) atoms. The molecule has 1 aliphatic heterocycles. The van der Waals surface area contributed by atoms with Crippen molar-refractivity contribution in [3.63, 3.8) is 0 Å². The van der Waals surface area contributed by atoms with E-state index in [0.717, 1.165) is 25.4 Å². The van der Waals surface area contributed by atoms with Gasteiger partial charge in [0.1, 0.15) is 6.04 Å². The molecule has 0 spiro atoms. The second kappa shape index (κ2) is 6.55. The maximum Gasteiger partial charge on any atom is 0.287 e. The molecule has 3 atom stereocenters. The van der Waals surface area contributed by atoms with Crippen LogP contribution in [-0.2, 0) is 4.79 Å². The van der Waals surface area contributed by atoms with Crippen LogP contribution in [0, 0.1) is 11.8 Å². The Morgan fingerprint density at radius 2 is 2.05 bits per heavy atom. The molecule has 1 aliphatic carbocycles. The van der Waals surface area contributed by atoms with Crippen molar-refractivity contribution in [1.29, 1.82) is 0 Å². The normalized spacial score (nSPS) is 26.1. The van der Waals surface area contributed by atoms with Gasteiger partial charge in [-0.15, -0.1) is 0 Å². The summed E-state index contributed by atoms with van der Waals surface area (Å²) >= 11 is 0. The van der Waals surface area contributed by atoms with Crippen LogP contribution in [0.4, 0.5) is 0 Å². The lowest BCUT2D eigenvalue weighted by atomic mass is 9.75. The van der Waals surface area contributed by atoms with Gasteiger partial charge in [-0.1, -0.05) is 19.3 Å². The van der Waals surface area contributed by atoms with Gasteiger partial charge in [0, 0.05) is 13.1 Å². The maximum atomic E-state index is 12.6. The number of likely N-dealkylation sites (tertiary alicyclic amines) is 1. The van der Waals surface area contributed by atoms with Gasteiger partial charge in [-0.25, -0.2) is 0 Å². The topological polar surface area (TPSA) is 62.6 Å². The summed E-state index contributed by atoms with van der Waals surface area (Å²) in [6.45, 7) is 3.42. The molecule has 5 heteroatoms. The first-order valence-electron chi connectivity index (χ1n) is 8.28. The van der Waals surface area contributed by atoms with Gasteiger partial charge in [-0.2, -0.15) is 0 Å². The van der Waals surface area contributed by atoms with Crippen LogP contribution < -0.4 is 5.32 Å². The van der Waals surface area contributed by atoms with Crippen LogP contribution in [0.5, 0.6) is 0 Å². The standard InChI is InChI=1S/C17H24N2O3/c1-12(18-16(20)15-7-4-10-22-15)17(21)19-9-8-13-5-2-3-6-14(13)11-19/h4,7,10,12-14H,2-3,5-6,8-9,11H2,1H3,(H,18,20). The first-order chi connectivity index (χ1) is 10.6. The molecule has 1 saturated carbocycles. The quantitative estimate of drug-likeness (QED) is 0.933. The van der Waals surface area contributed by atoms with Crippen LogP contribution in [0.2, 0.25) is 0 Å². The second-order valence-electron chi connectivity index (χ2n) is 6.55. The summed E-state index contributed by atoms with van der Waals surface area (Å²) in [5.41, 5.74) is 0. The average molecular weight is 304 g/mol. The van der Waals surface area contributed by atoms with E-state index < -0.39 is 6.04 Å². The fourth-order valence-corrected chi connectivity index (χ4v) is 3.81. The van der Waals surface area contributed by atoms with Crippen LogP contribution in [0.15, 0.2) is 22.8 Å². The zero-order valence-corrected chi connectivity index (χ0v) is 13.1. The number of fused-ring (bicyclic) bond motifs is 1. The third kappa shape index (κ3) is 3.18. The monoisotopic (exact) mass is 304 g/mol. The Kier molecular flexibility index (Phi) is 4.50. The van der Waals surface area contributed by atoms with E-state index >= 15 is 0 Å². The van der Waals surface area contributed by atoms with E-state index in [0.29, 0.717) is 5.92 Å². The first-order valence-corrected chi connectivity index (χ1v) is 8.28. The zero-order chi connectivity index (χ0) is 15.5. The lowest BCUT2D eigenvalue weighted by Gasteiger charge is -2.42. The number of hydrogen-bond donors (Lipinski definition) is 1. The zero-order valence-electron chi connectivity index (χ0n) is 13.1. The van der Waals surface area contributed by atoms with Gasteiger partial charge in [-0.05, 0) is 43.7 Å². The average Bonchev–Trinajstić information content (AvgIpc) is 3.08. The fourth-order valence-electron chi connectivity index (χ4n) is 3.81. The fraction of sp³-hybridized carbons (Fsp3) is 0.647. The molecule has 1 saturated heterocycles. The summed E-state index contributed by atoms with van der Waals surface area (Å²) in [6, 6.07) is 2.74. The molecule has 0 aromatic carbocycles. The molecular formula is C17H24N2O3. The summed E-state index contributed by atoms with van der Waals surface area (Å²) in [7, 11) is 0. The molecule has 1 N–H and O–H groups in total. The maximum absolute atomic E-state index is 12.6. The molecule has 5 nitrogen and oxygen atoms in total. The van der Waals surface area contributed by atoms with Gasteiger partial charge in [-0.3, -0.25) is 9.59 Å². The Morgan fingerprint density at radius 1 is 1.27 bits per heavy atom. The van der Waals surface area contributed by atoms with Crippen molar-refractivity contribution < 1.29 is 14.0 Å². The van der Waals surface area contributed by atoms with Gasteiger partial charge in [0.25, 0.3) is 5.91 Å². The molecule has 1 aromatic heterocycles. The van der Waals surface area contributed by atoms with Gasteiger partial charge >= 0.3 is 0 Å². The number of carbonyl (C=O) groups excluding carboxylic acids is 2. The van der Waals surface area contributed by atoms with Crippen molar-refractivity contribution in [2.45, 2.75) is 45.1 Å². The van der Waals surface area contributed by atoms with E-state index in [1.807, 2.05) is 4.90 Å². The van der Waals surface area contributed by atoms with Crippen LogP contribution in [-0.4, -0.2) is 35.8 Å². The van der Waals surface area contributed by atoms with Crippen molar-refractivity contribution >= 4 is 11.8 Å². The van der Waals surface area contributed by atoms with Crippen LogP contribution in [0.1, 0.15) is 49.6 Å². The minimum absolute atomic E-state index is 0.0175. The predicted molar refractivity (Wildman–Crippen MR) is 82.3 cm³/mol. The Balaban J connectivity index is 1.55. The van der Waals surface area contributed by atoms with E-state index in [9.17, 15) is 9.59 Å². The SMILES string of the molecule is CC(NC(=O)c1ccco1)C(=O)N1CCC2CCCCC2C1. The molecular weight excluding hydrogens is 280 g/mol. The smallest absolute Gasteiger partial charge is 0.287 e. The highest BCUT2D eigenvalue weighted by Crippen LogP contribution is 2.36. The molecule has 2 heterocycles. The highest BCUT2D eigenvalue weighted by molar-refractivity contribution is 5.95. The molecule has 3 unspecified atom stereocenters. The molecule has 2 amide bonds. The van der Waals surface area contributed by atoms with Crippen molar-refractivity contribution in [1.82, 2.24) is 10.2 Å². The van der Waals surface area contributed by atoms with E-state index in [1.54, 1.807) is 19.1 Å². The lowest BCUT2D eigenvalue weighted by molar-refractivity contribution is -0.135.